The van der Waals surface area contributed by atoms with Crippen molar-refractivity contribution in [3.63, 3.8) is 0 Å². The summed E-state index contributed by atoms with van der Waals surface area (Å²) in [6, 6.07) is 0.834. The molecule has 2 aliphatic heterocycles. The Morgan fingerprint density at radius 3 is 2.83 bits per heavy atom. The van der Waals surface area contributed by atoms with Crippen molar-refractivity contribution < 1.29 is 0 Å². The van der Waals surface area contributed by atoms with Gasteiger partial charge in [0.2, 0.25) is 0 Å². The van der Waals surface area contributed by atoms with Crippen LogP contribution in [0, 0.1) is 5.92 Å². The first kappa shape index (κ1) is 12.9. The number of hydrogen-bond donors (Lipinski definition) is 1. The van der Waals surface area contributed by atoms with Gasteiger partial charge in [-0.2, -0.15) is 0 Å². The lowest BCUT2D eigenvalue weighted by Gasteiger charge is -2.50. The number of nitrogens with two attached hydrogens (primary N) is 1. The smallest absolute Gasteiger partial charge is 0.0360 e. The van der Waals surface area contributed by atoms with Crippen LogP contribution in [0.5, 0.6) is 0 Å². The molecule has 0 amide bonds. The zero-order valence-corrected chi connectivity index (χ0v) is 11.9. The molecular formula is C15H29N3. The second-order valence-corrected chi connectivity index (χ2v) is 6.58. The van der Waals surface area contributed by atoms with Gasteiger partial charge in [-0.3, -0.25) is 9.80 Å². The molecule has 0 aromatic carbocycles. The first-order valence-electron chi connectivity index (χ1n) is 7.99. The van der Waals surface area contributed by atoms with E-state index in [4.69, 9.17) is 5.73 Å². The van der Waals surface area contributed by atoms with Crippen LogP contribution in [0.4, 0.5) is 0 Å². The molecule has 3 atom stereocenters. The fourth-order valence-electron chi connectivity index (χ4n) is 4.92. The lowest BCUT2D eigenvalue weighted by molar-refractivity contribution is -0.00411. The summed E-state index contributed by atoms with van der Waals surface area (Å²) >= 11 is 0. The predicted molar refractivity (Wildman–Crippen MR) is 75.6 cm³/mol. The average Bonchev–Trinajstić information content (AvgIpc) is 3.04. The number of hydrogen-bond acceptors (Lipinski definition) is 3. The summed E-state index contributed by atoms with van der Waals surface area (Å²) in [4.78, 5) is 5.50. The minimum absolute atomic E-state index is 0.351. The molecule has 104 valence electrons. The first-order valence-corrected chi connectivity index (χ1v) is 7.99. The lowest BCUT2D eigenvalue weighted by atomic mass is 9.82. The summed E-state index contributed by atoms with van der Waals surface area (Å²) in [6.45, 7) is 8.39. The molecule has 2 heterocycles. The van der Waals surface area contributed by atoms with E-state index >= 15 is 0 Å². The fourth-order valence-corrected chi connectivity index (χ4v) is 4.92. The molecule has 2 saturated heterocycles. The number of piperazine rings is 1. The van der Waals surface area contributed by atoms with E-state index in [-0.39, 0.29) is 0 Å². The maximum Gasteiger partial charge on any atom is 0.0360 e. The van der Waals surface area contributed by atoms with Crippen molar-refractivity contribution in [2.24, 2.45) is 11.7 Å². The summed E-state index contributed by atoms with van der Waals surface area (Å²) in [5.41, 5.74) is 6.60. The molecule has 3 unspecified atom stereocenters. The third-order valence-electron chi connectivity index (χ3n) is 5.99. The summed E-state index contributed by atoms with van der Waals surface area (Å²) in [7, 11) is 0. The van der Waals surface area contributed by atoms with E-state index in [2.05, 4.69) is 16.7 Å². The van der Waals surface area contributed by atoms with Crippen molar-refractivity contribution in [2.45, 2.75) is 57.0 Å². The number of rotatable bonds is 3. The number of nitrogens with zero attached hydrogens (tertiary/aromatic N) is 2. The lowest BCUT2D eigenvalue weighted by Crippen LogP contribution is -2.63. The second kappa shape index (κ2) is 5.10. The van der Waals surface area contributed by atoms with Crippen LogP contribution >= 0.6 is 0 Å². The van der Waals surface area contributed by atoms with E-state index in [9.17, 15) is 0 Å². The van der Waals surface area contributed by atoms with E-state index < -0.39 is 0 Å². The highest BCUT2D eigenvalue weighted by Gasteiger charge is 2.47. The third-order valence-corrected chi connectivity index (χ3v) is 5.99. The zero-order chi connectivity index (χ0) is 12.6. The minimum atomic E-state index is 0.351. The summed E-state index contributed by atoms with van der Waals surface area (Å²) in [5, 5.41) is 0. The SMILES string of the molecule is CCC1CCCC1(CN)N1CCN2CCCC2C1. The molecule has 0 radical (unpaired) electrons. The van der Waals surface area contributed by atoms with Crippen LogP contribution in [-0.4, -0.2) is 54.1 Å². The third kappa shape index (κ3) is 1.91. The molecule has 3 fully saturated rings. The standard InChI is InChI=1S/C15H29N3/c1-2-13-5-3-7-15(13,12-16)18-10-9-17-8-4-6-14(17)11-18/h13-14H,2-12,16H2,1H3. The van der Waals surface area contributed by atoms with E-state index in [1.807, 2.05) is 0 Å². The van der Waals surface area contributed by atoms with Crippen LogP contribution in [0.25, 0.3) is 0 Å². The Morgan fingerprint density at radius 2 is 2.06 bits per heavy atom. The van der Waals surface area contributed by atoms with Crippen LogP contribution in [0.2, 0.25) is 0 Å². The molecule has 1 saturated carbocycles. The zero-order valence-electron chi connectivity index (χ0n) is 11.9. The monoisotopic (exact) mass is 251 g/mol. The maximum absolute atomic E-state index is 6.25. The Labute approximate surface area is 112 Å². The van der Waals surface area contributed by atoms with Crippen molar-refractivity contribution >= 4 is 0 Å². The molecule has 0 aromatic rings. The fraction of sp³-hybridized carbons (Fsp3) is 1.00. The summed E-state index contributed by atoms with van der Waals surface area (Å²) < 4.78 is 0. The predicted octanol–water partition coefficient (Wildman–Crippen LogP) is 1.67. The molecular weight excluding hydrogens is 222 g/mol. The van der Waals surface area contributed by atoms with Crippen molar-refractivity contribution in [2.75, 3.05) is 32.7 Å². The largest absolute Gasteiger partial charge is 0.329 e. The summed E-state index contributed by atoms with van der Waals surface area (Å²) in [5.74, 6) is 0.843. The van der Waals surface area contributed by atoms with Gasteiger partial charge in [-0.1, -0.05) is 19.8 Å². The minimum Gasteiger partial charge on any atom is -0.329 e. The highest BCUT2D eigenvalue weighted by Crippen LogP contribution is 2.43. The van der Waals surface area contributed by atoms with Gasteiger partial charge in [0.05, 0.1) is 0 Å². The molecule has 1 aliphatic carbocycles. The van der Waals surface area contributed by atoms with Gasteiger partial charge < -0.3 is 5.73 Å². The van der Waals surface area contributed by atoms with Crippen molar-refractivity contribution in [3.8, 4) is 0 Å². The topological polar surface area (TPSA) is 32.5 Å². The maximum atomic E-state index is 6.25. The van der Waals surface area contributed by atoms with Gasteiger partial charge in [-0.05, 0) is 38.1 Å². The molecule has 3 heteroatoms. The van der Waals surface area contributed by atoms with Gasteiger partial charge in [-0.25, -0.2) is 0 Å². The molecule has 3 aliphatic rings. The highest BCUT2D eigenvalue weighted by molar-refractivity contribution is 5.04. The van der Waals surface area contributed by atoms with Crippen molar-refractivity contribution in [1.29, 1.82) is 0 Å². The van der Waals surface area contributed by atoms with Crippen molar-refractivity contribution in [3.05, 3.63) is 0 Å². The van der Waals surface area contributed by atoms with Crippen LogP contribution in [-0.2, 0) is 0 Å². The Kier molecular flexibility index (Phi) is 3.65. The van der Waals surface area contributed by atoms with Gasteiger partial charge in [0.15, 0.2) is 0 Å². The molecule has 0 spiro atoms. The van der Waals surface area contributed by atoms with Crippen molar-refractivity contribution in [1.82, 2.24) is 9.80 Å². The van der Waals surface area contributed by atoms with Crippen LogP contribution < -0.4 is 5.73 Å². The van der Waals surface area contributed by atoms with Gasteiger partial charge in [-0.15, -0.1) is 0 Å². The molecule has 2 N–H and O–H groups in total. The number of fused-ring (bicyclic) bond motifs is 1. The quantitative estimate of drug-likeness (QED) is 0.828. The molecule has 0 bridgehead atoms. The molecule has 0 aromatic heterocycles. The Hall–Kier alpha value is -0.120. The van der Waals surface area contributed by atoms with Crippen LogP contribution in [0.15, 0.2) is 0 Å². The molecule has 18 heavy (non-hydrogen) atoms. The average molecular weight is 251 g/mol. The van der Waals surface area contributed by atoms with Gasteiger partial charge >= 0.3 is 0 Å². The van der Waals surface area contributed by atoms with Gasteiger partial charge in [0, 0.05) is 37.8 Å². The highest BCUT2D eigenvalue weighted by atomic mass is 15.3. The van der Waals surface area contributed by atoms with Crippen LogP contribution in [0.3, 0.4) is 0 Å². The second-order valence-electron chi connectivity index (χ2n) is 6.58. The summed E-state index contributed by atoms with van der Waals surface area (Å²) in [6.07, 6.45) is 8.26. The van der Waals surface area contributed by atoms with Gasteiger partial charge in [0.1, 0.15) is 0 Å². The van der Waals surface area contributed by atoms with E-state index in [0.29, 0.717) is 5.54 Å². The van der Waals surface area contributed by atoms with Gasteiger partial charge in [0.25, 0.3) is 0 Å². The normalized spacial score (nSPS) is 42.3. The first-order chi connectivity index (χ1) is 8.80. The van der Waals surface area contributed by atoms with Crippen LogP contribution in [0.1, 0.15) is 45.4 Å². The molecule has 3 nitrogen and oxygen atoms in total. The molecule has 3 rings (SSSR count). The Bertz CT molecular complexity index is 293. The van der Waals surface area contributed by atoms with E-state index in [1.165, 1.54) is 64.7 Å². The van der Waals surface area contributed by atoms with E-state index in [0.717, 1.165) is 18.5 Å². The Morgan fingerprint density at radius 1 is 1.17 bits per heavy atom. The van der Waals surface area contributed by atoms with E-state index in [1.54, 1.807) is 0 Å². The Balaban J connectivity index is 1.75.